The largest absolute Gasteiger partial charge is 0.466 e. The van der Waals surface area contributed by atoms with E-state index in [1.54, 1.807) is 0 Å². The highest BCUT2D eigenvalue weighted by Crippen LogP contribution is 2.40. The topological polar surface area (TPSA) is 52.6 Å². The normalized spacial score (nSPS) is 18.0. The third-order valence-corrected chi connectivity index (χ3v) is 6.20. The fourth-order valence-corrected chi connectivity index (χ4v) is 4.67. The van der Waals surface area contributed by atoms with Crippen molar-refractivity contribution in [3.63, 3.8) is 0 Å². The van der Waals surface area contributed by atoms with Crippen LogP contribution < -0.4 is 0 Å². The van der Waals surface area contributed by atoms with Crippen LogP contribution in [0, 0.1) is 5.92 Å². The highest BCUT2D eigenvalue weighted by molar-refractivity contribution is 6.24. The van der Waals surface area contributed by atoms with Gasteiger partial charge in [-0.1, -0.05) is 43.3 Å². The molecule has 0 N–H and O–H groups in total. The third-order valence-electron chi connectivity index (χ3n) is 6.20. The number of rotatable bonds is 2. The van der Waals surface area contributed by atoms with E-state index in [1.165, 1.54) is 36.5 Å². The Balaban J connectivity index is 1.95. The number of hydrogen-bond acceptors (Lipinski definition) is 4. The van der Waals surface area contributed by atoms with Crippen molar-refractivity contribution in [2.24, 2.45) is 5.92 Å². The molecule has 1 atom stereocenters. The summed E-state index contributed by atoms with van der Waals surface area (Å²) in [6, 6.07) is 13.1. The Morgan fingerprint density at radius 1 is 0.793 bits per heavy atom. The highest BCUT2D eigenvalue weighted by Gasteiger charge is 2.36. The van der Waals surface area contributed by atoms with Gasteiger partial charge >= 0.3 is 11.9 Å². The predicted molar refractivity (Wildman–Crippen MR) is 112 cm³/mol. The van der Waals surface area contributed by atoms with Gasteiger partial charge in [0.05, 0.1) is 25.4 Å². The molecular weight excluding hydrogens is 364 g/mol. The molecule has 2 aromatic rings. The zero-order valence-electron chi connectivity index (χ0n) is 17.2. The van der Waals surface area contributed by atoms with Crippen LogP contribution >= 0.6 is 0 Å². The number of hydrogen-bond donors (Lipinski definition) is 0. The maximum Gasteiger partial charge on any atom is 0.339 e. The van der Waals surface area contributed by atoms with Gasteiger partial charge in [-0.3, -0.25) is 0 Å². The fraction of sp³-hybridized carbons (Fsp3) is 0.360. The van der Waals surface area contributed by atoms with Gasteiger partial charge in [0.1, 0.15) is 0 Å². The van der Waals surface area contributed by atoms with E-state index in [9.17, 15) is 9.59 Å². The lowest BCUT2D eigenvalue weighted by Gasteiger charge is -2.30. The second kappa shape index (κ2) is 7.86. The van der Waals surface area contributed by atoms with E-state index >= 15 is 0 Å². The van der Waals surface area contributed by atoms with Crippen molar-refractivity contribution in [1.82, 2.24) is 0 Å². The zero-order chi connectivity index (χ0) is 20.5. The van der Waals surface area contributed by atoms with E-state index in [0.717, 1.165) is 43.2 Å². The molecule has 4 bridgehead atoms. The van der Waals surface area contributed by atoms with Crippen LogP contribution in [-0.2, 0) is 51.2 Å². The molecule has 4 heteroatoms. The smallest absolute Gasteiger partial charge is 0.339 e. The van der Waals surface area contributed by atoms with Crippen molar-refractivity contribution in [2.75, 3.05) is 14.2 Å². The Bertz CT molecular complexity index is 998. The summed E-state index contributed by atoms with van der Waals surface area (Å²) < 4.78 is 10.2. The summed E-state index contributed by atoms with van der Waals surface area (Å²) in [5.74, 6) is -1.02. The van der Waals surface area contributed by atoms with E-state index < -0.39 is 11.9 Å². The van der Waals surface area contributed by atoms with Crippen LogP contribution in [0.5, 0.6) is 0 Å². The van der Waals surface area contributed by atoms with Crippen LogP contribution in [0.1, 0.15) is 40.3 Å². The lowest BCUT2D eigenvalue weighted by atomic mass is 9.74. The molecule has 2 aromatic carbocycles. The van der Waals surface area contributed by atoms with Crippen molar-refractivity contribution in [1.29, 1.82) is 0 Å². The number of esters is 2. The average molecular weight is 390 g/mol. The van der Waals surface area contributed by atoms with Gasteiger partial charge in [-0.25, -0.2) is 9.59 Å². The Morgan fingerprint density at radius 3 is 1.93 bits per heavy atom. The molecule has 0 aliphatic heterocycles. The Kier molecular flexibility index (Phi) is 5.27. The number of aryl methyl sites for hydroxylation is 4. The van der Waals surface area contributed by atoms with Gasteiger partial charge in [0, 0.05) is 0 Å². The van der Waals surface area contributed by atoms with Crippen molar-refractivity contribution in [2.45, 2.75) is 39.0 Å². The Labute approximate surface area is 171 Å². The molecule has 7 rings (SSSR count). The van der Waals surface area contributed by atoms with Crippen LogP contribution in [0.25, 0.3) is 5.57 Å². The monoisotopic (exact) mass is 390 g/mol. The summed E-state index contributed by atoms with van der Waals surface area (Å²) in [4.78, 5) is 25.5. The number of ether oxygens (including phenoxy) is 2. The summed E-state index contributed by atoms with van der Waals surface area (Å²) in [6.07, 6.45) is 4.24. The van der Waals surface area contributed by atoms with Crippen LogP contribution in [0.2, 0.25) is 0 Å². The minimum Gasteiger partial charge on any atom is -0.466 e. The molecule has 0 spiro atoms. The summed E-state index contributed by atoms with van der Waals surface area (Å²) in [5.41, 5.74) is 7.80. The van der Waals surface area contributed by atoms with Gasteiger partial charge in [0.15, 0.2) is 0 Å². The fourth-order valence-electron chi connectivity index (χ4n) is 4.67. The number of benzene rings is 2. The Hall–Kier alpha value is -2.88. The molecule has 5 aliphatic rings. The lowest BCUT2D eigenvalue weighted by molar-refractivity contribution is -0.138. The second-order valence-electron chi connectivity index (χ2n) is 7.93. The van der Waals surface area contributed by atoms with Crippen molar-refractivity contribution < 1.29 is 19.1 Å². The van der Waals surface area contributed by atoms with Crippen molar-refractivity contribution in [3.8, 4) is 0 Å². The van der Waals surface area contributed by atoms with Gasteiger partial charge in [-0.15, -0.1) is 0 Å². The molecule has 5 aliphatic carbocycles. The Morgan fingerprint density at radius 2 is 1.34 bits per heavy atom. The summed E-state index contributed by atoms with van der Waals surface area (Å²) in [7, 11) is 2.73. The zero-order valence-corrected chi connectivity index (χ0v) is 17.2. The van der Waals surface area contributed by atoms with E-state index in [4.69, 9.17) is 9.47 Å². The predicted octanol–water partition coefficient (Wildman–Crippen LogP) is 3.86. The molecule has 150 valence electrons. The third kappa shape index (κ3) is 3.48. The van der Waals surface area contributed by atoms with Gasteiger partial charge in [0.25, 0.3) is 0 Å². The summed E-state index contributed by atoms with van der Waals surface area (Å²) >= 11 is 0. The second-order valence-corrected chi connectivity index (χ2v) is 7.93. The maximum atomic E-state index is 12.9. The first-order valence-electron chi connectivity index (χ1n) is 10.2. The summed E-state index contributed by atoms with van der Waals surface area (Å²) in [5, 5.41) is 0. The average Bonchev–Trinajstić information content (AvgIpc) is 2.73. The quantitative estimate of drug-likeness (QED) is 0.731. The van der Waals surface area contributed by atoms with E-state index in [-0.39, 0.29) is 5.92 Å². The van der Waals surface area contributed by atoms with Gasteiger partial charge in [-0.2, -0.15) is 0 Å². The number of methoxy groups -OCH3 is 2. The first kappa shape index (κ1) is 19.4. The summed E-state index contributed by atoms with van der Waals surface area (Å²) in [6.45, 7) is 1.98. The van der Waals surface area contributed by atoms with Crippen molar-refractivity contribution >= 4 is 17.5 Å². The van der Waals surface area contributed by atoms with Gasteiger partial charge in [0.2, 0.25) is 0 Å². The molecule has 1 unspecified atom stereocenters. The molecule has 0 amide bonds. The van der Waals surface area contributed by atoms with E-state index in [1.807, 2.05) is 6.92 Å². The molecule has 0 heterocycles. The van der Waals surface area contributed by atoms with E-state index in [0.29, 0.717) is 11.1 Å². The maximum absolute atomic E-state index is 12.9. The molecular formula is C25H26O4. The molecule has 0 saturated heterocycles. The SMILES string of the molecule is COC(=O)C1=C(C(=O)OC)C(C)Cc2c3ccc(c21)CCc1ccc(cc1)CC3. The van der Waals surface area contributed by atoms with E-state index in [2.05, 4.69) is 36.4 Å². The minimum atomic E-state index is -0.466. The molecule has 4 nitrogen and oxygen atoms in total. The standard InChI is InChI=1S/C25H26O4/c1-15-14-20-18-10-8-16-4-6-17(7-5-16)9-11-19(13-12-18)22(20)23(25(27)29-3)21(15)24(26)28-2/h4-7,12-13,15H,8-11,14H2,1-3H3. The van der Waals surface area contributed by atoms with Gasteiger partial charge in [-0.05, 0) is 71.4 Å². The van der Waals surface area contributed by atoms with Crippen LogP contribution in [0.4, 0.5) is 0 Å². The molecule has 0 fully saturated rings. The molecule has 0 radical (unpaired) electrons. The first-order chi connectivity index (χ1) is 14.0. The van der Waals surface area contributed by atoms with Crippen molar-refractivity contribution in [3.05, 3.63) is 75.4 Å². The number of carbonyl (C=O) groups is 2. The molecule has 0 saturated carbocycles. The molecule has 29 heavy (non-hydrogen) atoms. The first-order valence-corrected chi connectivity index (χ1v) is 10.2. The molecule has 0 aromatic heterocycles. The van der Waals surface area contributed by atoms with Crippen LogP contribution in [-0.4, -0.2) is 26.2 Å². The van der Waals surface area contributed by atoms with Crippen LogP contribution in [0.3, 0.4) is 0 Å². The van der Waals surface area contributed by atoms with Gasteiger partial charge < -0.3 is 9.47 Å². The van der Waals surface area contributed by atoms with Crippen LogP contribution in [0.15, 0.2) is 42.0 Å². The lowest BCUT2D eigenvalue weighted by Crippen LogP contribution is -2.27. The number of carbonyl (C=O) groups excluding carboxylic acids is 2. The minimum absolute atomic E-state index is 0.107. The highest BCUT2D eigenvalue weighted by atomic mass is 16.5.